The highest BCUT2D eigenvalue weighted by Crippen LogP contribution is 2.29. The molecule has 1 N–H and O–H groups in total. The zero-order valence-corrected chi connectivity index (χ0v) is 12.4. The maximum absolute atomic E-state index is 4.47. The minimum absolute atomic E-state index is 0.659. The molecule has 0 amide bonds. The van der Waals surface area contributed by atoms with Crippen molar-refractivity contribution in [1.82, 2.24) is 14.5 Å². The van der Waals surface area contributed by atoms with Crippen molar-refractivity contribution in [3.63, 3.8) is 0 Å². The molecule has 1 saturated carbocycles. The summed E-state index contributed by atoms with van der Waals surface area (Å²) in [5.41, 5.74) is 0. The van der Waals surface area contributed by atoms with Crippen LogP contribution in [0.4, 0.5) is 5.95 Å². The molecule has 1 aliphatic carbocycles. The first-order chi connectivity index (χ1) is 9.35. The Kier molecular flexibility index (Phi) is 5.70. The van der Waals surface area contributed by atoms with Gasteiger partial charge >= 0.3 is 0 Å². The van der Waals surface area contributed by atoms with Crippen molar-refractivity contribution in [2.24, 2.45) is 0 Å². The first-order valence-corrected chi connectivity index (χ1v) is 7.84. The summed E-state index contributed by atoms with van der Waals surface area (Å²) in [5.74, 6) is 1.05. The Hall–Kier alpha value is -1.03. The molecule has 2 rings (SSSR count). The highest BCUT2D eigenvalue weighted by Gasteiger charge is 2.17. The molecule has 108 valence electrons. The molecule has 19 heavy (non-hydrogen) atoms. The van der Waals surface area contributed by atoms with Crippen LogP contribution >= 0.6 is 0 Å². The Balaban J connectivity index is 1.85. The van der Waals surface area contributed by atoms with Gasteiger partial charge in [-0.25, -0.2) is 4.98 Å². The van der Waals surface area contributed by atoms with E-state index in [0.717, 1.165) is 32.1 Å². The van der Waals surface area contributed by atoms with Gasteiger partial charge in [0.2, 0.25) is 5.95 Å². The van der Waals surface area contributed by atoms with Gasteiger partial charge in [-0.15, -0.1) is 0 Å². The van der Waals surface area contributed by atoms with E-state index in [1.54, 1.807) is 0 Å². The third kappa shape index (κ3) is 3.96. The van der Waals surface area contributed by atoms with Crippen LogP contribution in [0.3, 0.4) is 0 Å². The van der Waals surface area contributed by atoms with Crippen LogP contribution in [0.1, 0.15) is 52.0 Å². The topological polar surface area (TPSA) is 33.1 Å². The summed E-state index contributed by atoms with van der Waals surface area (Å²) in [6.45, 7) is 8.74. The van der Waals surface area contributed by atoms with Crippen molar-refractivity contribution < 1.29 is 0 Å². The fourth-order valence-corrected chi connectivity index (χ4v) is 2.97. The number of likely N-dealkylation sites (N-methyl/N-ethyl adjacent to an activating group) is 1. The first-order valence-electron chi connectivity index (χ1n) is 7.84. The van der Waals surface area contributed by atoms with E-state index in [1.807, 2.05) is 6.20 Å². The molecule has 4 nitrogen and oxygen atoms in total. The molecule has 0 spiro atoms. The molecule has 0 bridgehead atoms. The van der Waals surface area contributed by atoms with Crippen LogP contribution in [-0.2, 0) is 0 Å². The highest BCUT2D eigenvalue weighted by molar-refractivity contribution is 5.26. The van der Waals surface area contributed by atoms with Crippen LogP contribution in [0, 0.1) is 0 Å². The van der Waals surface area contributed by atoms with E-state index in [-0.39, 0.29) is 0 Å². The Morgan fingerprint density at radius 1 is 1.26 bits per heavy atom. The third-order valence-corrected chi connectivity index (χ3v) is 4.24. The molecule has 0 saturated heterocycles. The number of rotatable bonds is 7. The smallest absolute Gasteiger partial charge is 0.203 e. The molecular formula is C15H28N4. The van der Waals surface area contributed by atoms with E-state index in [0.29, 0.717) is 6.04 Å². The summed E-state index contributed by atoms with van der Waals surface area (Å²) in [6.07, 6.45) is 10.8. The zero-order valence-electron chi connectivity index (χ0n) is 12.4. The Morgan fingerprint density at radius 2 is 2.00 bits per heavy atom. The Morgan fingerprint density at radius 3 is 2.68 bits per heavy atom. The normalized spacial score (nSPS) is 17.0. The van der Waals surface area contributed by atoms with Crippen molar-refractivity contribution in [2.45, 2.75) is 52.0 Å². The largest absolute Gasteiger partial charge is 0.354 e. The molecule has 0 unspecified atom stereocenters. The first kappa shape index (κ1) is 14.4. The molecule has 1 aromatic rings. The molecule has 0 aliphatic heterocycles. The summed E-state index contributed by atoms with van der Waals surface area (Å²) in [5, 5.41) is 3.50. The lowest BCUT2D eigenvalue weighted by Crippen LogP contribution is -2.29. The van der Waals surface area contributed by atoms with Gasteiger partial charge < -0.3 is 14.8 Å². The van der Waals surface area contributed by atoms with E-state index in [1.165, 1.54) is 32.1 Å². The minimum atomic E-state index is 0.659. The van der Waals surface area contributed by atoms with Crippen LogP contribution in [0.15, 0.2) is 12.4 Å². The maximum Gasteiger partial charge on any atom is 0.203 e. The van der Waals surface area contributed by atoms with Crippen LogP contribution < -0.4 is 5.32 Å². The van der Waals surface area contributed by atoms with Gasteiger partial charge in [-0.05, 0) is 25.9 Å². The number of anilines is 1. The molecule has 1 aliphatic rings. The van der Waals surface area contributed by atoms with Crippen LogP contribution in [0.25, 0.3) is 0 Å². The fraction of sp³-hybridized carbons (Fsp3) is 0.800. The second kappa shape index (κ2) is 7.53. The van der Waals surface area contributed by atoms with E-state index >= 15 is 0 Å². The van der Waals surface area contributed by atoms with Gasteiger partial charge in [-0.3, -0.25) is 0 Å². The minimum Gasteiger partial charge on any atom is -0.354 e. The lowest BCUT2D eigenvalue weighted by atomic mass is 9.95. The second-order valence-corrected chi connectivity index (χ2v) is 5.40. The predicted molar refractivity (Wildman–Crippen MR) is 80.6 cm³/mol. The number of imidazole rings is 1. The van der Waals surface area contributed by atoms with Crippen molar-refractivity contribution in [3.05, 3.63) is 12.4 Å². The molecule has 1 fully saturated rings. The van der Waals surface area contributed by atoms with Gasteiger partial charge in [0.1, 0.15) is 0 Å². The lowest BCUT2D eigenvalue weighted by molar-refractivity contribution is 0.315. The van der Waals surface area contributed by atoms with Gasteiger partial charge in [-0.2, -0.15) is 0 Å². The summed E-state index contributed by atoms with van der Waals surface area (Å²) in [4.78, 5) is 6.90. The highest BCUT2D eigenvalue weighted by atomic mass is 15.2. The number of hydrogen-bond donors (Lipinski definition) is 1. The molecule has 1 aromatic heterocycles. The van der Waals surface area contributed by atoms with Crippen molar-refractivity contribution in [2.75, 3.05) is 31.5 Å². The SMILES string of the molecule is CCN(CC)CCNc1nccn1C1CCCCC1. The summed E-state index contributed by atoms with van der Waals surface area (Å²) in [7, 11) is 0. The summed E-state index contributed by atoms with van der Waals surface area (Å²) < 4.78 is 2.35. The molecule has 0 aromatic carbocycles. The van der Waals surface area contributed by atoms with Gasteiger partial charge in [0.15, 0.2) is 0 Å². The van der Waals surface area contributed by atoms with Crippen LogP contribution in [0.2, 0.25) is 0 Å². The summed E-state index contributed by atoms with van der Waals surface area (Å²) >= 11 is 0. The number of hydrogen-bond acceptors (Lipinski definition) is 3. The maximum atomic E-state index is 4.47. The van der Waals surface area contributed by atoms with E-state index < -0.39 is 0 Å². The van der Waals surface area contributed by atoms with Gasteiger partial charge in [0.25, 0.3) is 0 Å². The monoisotopic (exact) mass is 264 g/mol. The number of aromatic nitrogens is 2. The van der Waals surface area contributed by atoms with E-state index in [9.17, 15) is 0 Å². The molecule has 4 heteroatoms. The van der Waals surface area contributed by atoms with E-state index in [2.05, 4.69) is 39.8 Å². The zero-order chi connectivity index (χ0) is 13.5. The Bertz CT molecular complexity index is 351. The average molecular weight is 264 g/mol. The standard InChI is InChI=1S/C15H28N4/c1-3-18(4-2)12-10-16-15-17-11-13-19(15)14-8-6-5-7-9-14/h11,13-14H,3-10,12H2,1-2H3,(H,16,17). The number of nitrogens with zero attached hydrogens (tertiary/aromatic N) is 3. The average Bonchev–Trinajstić information content (AvgIpc) is 2.93. The fourth-order valence-electron chi connectivity index (χ4n) is 2.97. The van der Waals surface area contributed by atoms with Gasteiger partial charge in [0, 0.05) is 31.5 Å². The summed E-state index contributed by atoms with van der Waals surface area (Å²) in [6, 6.07) is 0.659. The predicted octanol–water partition coefficient (Wildman–Crippen LogP) is 3.14. The Labute approximate surface area is 117 Å². The number of nitrogens with one attached hydrogen (secondary N) is 1. The van der Waals surface area contributed by atoms with Crippen molar-refractivity contribution in [1.29, 1.82) is 0 Å². The van der Waals surface area contributed by atoms with Crippen molar-refractivity contribution >= 4 is 5.95 Å². The molecular weight excluding hydrogens is 236 g/mol. The van der Waals surface area contributed by atoms with Crippen LogP contribution in [0.5, 0.6) is 0 Å². The van der Waals surface area contributed by atoms with Crippen molar-refractivity contribution in [3.8, 4) is 0 Å². The molecule has 0 atom stereocenters. The van der Waals surface area contributed by atoms with E-state index in [4.69, 9.17) is 0 Å². The quantitative estimate of drug-likeness (QED) is 0.821. The lowest BCUT2D eigenvalue weighted by Gasteiger charge is -2.25. The van der Waals surface area contributed by atoms with Crippen LogP contribution in [-0.4, -0.2) is 40.6 Å². The second-order valence-electron chi connectivity index (χ2n) is 5.40. The molecule has 1 heterocycles. The third-order valence-electron chi connectivity index (χ3n) is 4.24. The van der Waals surface area contributed by atoms with Gasteiger partial charge in [-0.1, -0.05) is 33.1 Å². The molecule has 0 radical (unpaired) electrons. The van der Waals surface area contributed by atoms with Gasteiger partial charge in [0.05, 0.1) is 0 Å².